The van der Waals surface area contributed by atoms with E-state index in [4.69, 9.17) is 23.2 Å². The zero-order chi connectivity index (χ0) is 17.5. The summed E-state index contributed by atoms with van der Waals surface area (Å²) in [5.41, 5.74) is 0.951. The topological polar surface area (TPSA) is 64.0 Å². The fourth-order valence-electron chi connectivity index (χ4n) is 2.51. The molecule has 2 aromatic rings. The maximum Gasteiger partial charge on any atom is 0.213 e. The first-order valence-corrected chi connectivity index (χ1v) is 10.7. The van der Waals surface area contributed by atoms with Crippen LogP contribution < -0.4 is 4.72 Å². The molecule has 130 valence electrons. The predicted molar refractivity (Wildman–Crippen MR) is 97.5 cm³/mol. The van der Waals surface area contributed by atoms with E-state index in [9.17, 15) is 8.42 Å². The number of fused-ring (bicyclic) bond motifs is 1. The van der Waals surface area contributed by atoms with Gasteiger partial charge in [-0.1, -0.05) is 48.8 Å². The maximum absolute atomic E-state index is 11.8. The van der Waals surface area contributed by atoms with Gasteiger partial charge in [0.05, 0.1) is 18.0 Å². The lowest BCUT2D eigenvalue weighted by atomic mass is 10.1. The summed E-state index contributed by atoms with van der Waals surface area (Å²) >= 11 is 13.7. The normalized spacial score (nSPS) is 16.9. The van der Waals surface area contributed by atoms with E-state index in [1.165, 1.54) is 11.8 Å². The minimum absolute atomic E-state index is 0.0394. The first kappa shape index (κ1) is 18.1. The Balaban J connectivity index is 2.04. The third-order valence-electron chi connectivity index (χ3n) is 3.66. The van der Waals surface area contributed by atoms with Crippen molar-refractivity contribution in [2.24, 2.45) is 0 Å². The minimum atomic E-state index is -3.26. The Morgan fingerprint density at radius 1 is 1.25 bits per heavy atom. The predicted octanol–water partition coefficient (Wildman–Crippen LogP) is 3.90. The summed E-state index contributed by atoms with van der Waals surface area (Å²) in [7, 11) is -3.26. The van der Waals surface area contributed by atoms with Crippen LogP contribution in [0.2, 0.25) is 10.0 Å². The van der Waals surface area contributed by atoms with Crippen LogP contribution in [0.5, 0.6) is 0 Å². The van der Waals surface area contributed by atoms with Gasteiger partial charge in [0.2, 0.25) is 10.0 Å². The smallest absolute Gasteiger partial charge is 0.213 e. The third-order valence-corrected chi connectivity index (χ3v) is 6.49. The maximum atomic E-state index is 11.8. The third kappa shape index (κ3) is 3.91. The second kappa shape index (κ2) is 6.88. The van der Waals surface area contributed by atoms with Crippen molar-refractivity contribution in [3.8, 4) is 0 Å². The highest BCUT2D eigenvalue weighted by atomic mass is 35.5. The number of imidazole rings is 1. The molecule has 0 saturated heterocycles. The Kier molecular flexibility index (Phi) is 5.18. The van der Waals surface area contributed by atoms with Gasteiger partial charge in [0.1, 0.15) is 10.9 Å². The summed E-state index contributed by atoms with van der Waals surface area (Å²) in [6.07, 6.45) is 0. The Morgan fingerprint density at radius 3 is 2.54 bits per heavy atom. The van der Waals surface area contributed by atoms with E-state index >= 15 is 0 Å². The number of nitrogens with zero attached hydrogens (tertiary/aromatic N) is 2. The van der Waals surface area contributed by atoms with Gasteiger partial charge in [0.25, 0.3) is 0 Å². The Hall–Kier alpha value is -0.730. The molecule has 1 aliphatic rings. The van der Waals surface area contributed by atoms with Crippen LogP contribution in [0.25, 0.3) is 0 Å². The fraction of sp³-hybridized carbons (Fsp3) is 0.400. The number of benzene rings is 1. The SMILES string of the molecule is CC(C)c1nc2n(c1Sc1cc(Cl)cc(Cl)c1)CCS(=O)(=O)NC2. The van der Waals surface area contributed by atoms with E-state index in [-0.39, 0.29) is 18.2 Å². The van der Waals surface area contributed by atoms with Crippen molar-refractivity contribution in [2.75, 3.05) is 5.75 Å². The highest BCUT2D eigenvalue weighted by Crippen LogP contribution is 2.37. The molecule has 0 radical (unpaired) electrons. The van der Waals surface area contributed by atoms with E-state index in [0.717, 1.165) is 21.4 Å². The number of halogens is 2. The summed E-state index contributed by atoms with van der Waals surface area (Å²) in [6, 6.07) is 5.37. The highest BCUT2D eigenvalue weighted by molar-refractivity contribution is 7.99. The first-order chi connectivity index (χ1) is 11.2. The molecule has 1 N–H and O–H groups in total. The van der Waals surface area contributed by atoms with Crippen LogP contribution in [-0.2, 0) is 23.1 Å². The van der Waals surface area contributed by atoms with Crippen LogP contribution in [0.3, 0.4) is 0 Å². The number of aromatic nitrogens is 2. The lowest BCUT2D eigenvalue weighted by Gasteiger charge is -2.11. The molecule has 0 amide bonds. The van der Waals surface area contributed by atoms with Crippen molar-refractivity contribution in [2.45, 2.75) is 42.8 Å². The van der Waals surface area contributed by atoms with Gasteiger partial charge in [-0.15, -0.1) is 0 Å². The van der Waals surface area contributed by atoms with E-state index in [0.29, 0.717) is 16.6 Å². The molecule has 5 nitrogen and oxygen atoms in total. The van der Waals surface area contributed by atoms with Crippen LogP contribution in [-0.4, -0.2) is 23.7 Å². The summed E-state index contributed by atoms with van der Waals surface area (Å²) in [5.74, 6) is 0.992. The molecule has 9 heteroatoms. The lowest BCUT2D eigenvalue weighted by molar-refractivity contribution is 0.580. The molecule has 0 unspecified atom stereocenters. The molecule has 0 spiro atoms. The summed E-state index contributed by atoms with van der Waals surface area (Å²) in [4.78, 5) is 5.57. The number of nitrogens with one attached hydrogen (secondary N) is 1. The molecule has 1 aromatic heterocycles. The molecule has 0 saturated carbocycles. The van der Waals surface area contributed by atoms with Crippen LogP contribution in [0.1, 0.15) is 31.3 Å². The second-order valence-corrected chi connectivity index (χ2v) is 9.73. The standard InChI is InChI=1S/C15H17Cl2N3O2S2/c1-9(2)14-15(23-12-6-10(16)5-11(17)7-12)20-3-4-24(21,22)18-8-13(20)19-14/h5-7,9,18H,3-4,8H2,1-2H3. The van der Waals surface area contributed by atoms with Crippen molar-refractivity contribution >= 4 is 45.0 Å². The van der Waals surface area contributed by atoms with E-state index in [2.05, 4.69) is 23.6 Å². The van der Waals surface area contributed by atoms with Gasteiger partial charge in [-0.2, -0.15) is 0 Å². The van der Waals surface area contributed by atoms with Gasteiger partial charge < -0.3 is 4.57 Å². The molecule has 0 aliphatic carbocycles. The van der Waals surface area contributed by atoms with Crippen molar-refractivity contribution in [1.29, 1.82) is 0 Å². The van der Waals surface area contributed by atoms with Crippen molar-refractivity contribution in [3.05, 3.63) is 39.8 Å². The molecule has 24 heavy (non-hydrogen) atoms. The number of sulfonamides is 1. The Bertz CT molecular complexity index is 859. The molecule has 2 heterocycles. The Morgan fingerprint density at radius 2 is 1.92 bits per heavy atom. The monoisotopic (exact) mass is 405 g/mol. The van der Waals surface area contributed by atoms with E-state index < -0.39 is 10.0 Å². The van der Waals surface area contributed by atoms with Crippen LogP contribution in [0.4, 0.5) is 0 Å². The number of rotatable bonds is 3. The van der Waals surface area contributed by atoms with Gasteiger partial charge in [0.15, 0.2) is 0 Å². The molecular formula is C15H17Cl2N3O2S2. The van der Waals surface area contributed by atoms with Gasteiger partial charge >= 0.3 is 0 Å². The van der Waals surface area contributed by atoms with Crippen LogP contribution in [0, 0.1) is 0 Å². The van der Waals surface area contributed by atoms with Gasteiger partial charge in [-0.25, -0.2) is 18.1 Å². The quantitative estimate of drug-likeness (QED) is 0.840. The van der Waals surface area contributed by atoms with Gasteiger partial charge in [-0.3, -0.25) is 0 Å². The van der Waals surface area contributed by atoms with Crippen molar-refractivity contribution < 1.29 is 8.42 Å². The zero-order valence-corrected chi connectivity index (χ0v) is 16.4. The van der Waals surface area contributed by atoms with Crippen molar-refractivity contribution in [3.63, 3.8) is 0 Å². The van der Waals surface area contributed by atoms with Gasteiger partial charge in [0, 0.05) is 21.5 Å². The zero-order valence-electron chi connectivity index (χ0n) is 13.2. The Labute approximate surface area is 155 Å². The molecule has 1 aromatic carbocycles. The molecule has 0 fully saturated rings. The fourth-order valence-corrected chi connectivity index (χ4v) is 5.37. The van der Waals surface area contributed by atoms with E-state index in [1.54, 1.807) is 6.07 Å². The molecule has 1 aliphatic heterocycles. The summed E-state index contributed by atoms with van der Waals surface area (Å²) in [6.45, 7) is 4.72. The molecule has 0 atom stereocenters. The van der Waals surface area contributed by atoms with Crippen LogP contribution in [0.15, 0.2) is 28.1 Å². The average Bonchev–Trinajstić information content (AvgIpc) is 2.72. The second-order valence-electron chi connectivity index (χ2n) is 5.87. The van der Waals surface area contributed by atoms with Crippen LogP contribution >= 0.6 is 35.0 Å². The molecule has 0 bridgehead atoms. The lowest BCUT2D eigenvalue weighted by Crippen LogP contribution is -2.24. The number of hydrogen-bond donors (Lipinski definition) is 1. The summed E-state index contributed by atoms with van der Waals surface area (Å²) in [5, 5.41) is 2.07. The largest absolute Gasteiger partial charge is 0.321 e. The first-order valence-electron chi connectivity index (χ1n) is 7.46. The van der Waals surface area contributed by atoms with E-state index in [1.807, 2.05) is 16.7 Å². The minimum Gasteiger partial charge on any atom is -0.321 e. The van der Waals surface area contributed by atoms with Gasteiger partial charge in [-0.05, 0) is 24.1 Å². The number of hydrogen-bond acceptors (Lipinski definition) is 4. The van der Waals surface area contributed by atoms with Crippen molar-refractivity contribution in [1.82, 2.24) is 14.3 Å². The molecule has 3 rings (SSSR count). The molecular weight excluding hydrogens is 389 g/mol. The highest BCUT2D eigenvalue weighted by Gasteiger charge is 2.25. The summed E-state index contributed by atoms with van der Waals surface area (Å²) < 4.78 is 28.2. The average molecular weight is 406 g/mol.